The van der Waals surface area contributed by atoms with Gasteiger partial charge >= 0.3 is 12.2 Å². The topological polar surface area (TPSA) is 64.2 Å². The van der Waals surface area contributed by atoms with Gasteiger partial charge < -0.3 is 9.80 Å². The lowest BCUT2D eigenvalue weighted by Gasteiger charge is -2.35. The Labute approximate surface area is 185 Å². The molecule has 0 aromatic heterocycles. The summed E-state index contributed by atoms with van der Waals surface area (Å²) in [4.78, 5) is 18.1. The van der Waals surface area contributed by atoms with Gasteiger partial charge in [-0.3, -0.25) is 4.90 Å². The average molecular weight is 483 g/mol. The molecule has 1 aromatic carbocycles. The van der Waals surface area contributed by atoms with Gasteiger partial charge in [-0.1, -0.05) is 11.6 Å². The van der Waals surface area contributed by atoms with E-state index in [1.54, 1.807) is 16.8 Å². The number of rotatable bonds is 4. The first kappa shape index (κ1) is 24.1. The summed E-state index contributed by atoms with van der Waals surface area (Å²) in [7, 11) is -1.46. The van der Waals surface area contributed by atoms with Crippen LogP contribution in [-0.2, 0) is 22.7 Å². The van der Waals surface area contributed by atoms with E-state index in [1.807, 2.05) is 4.90 Å². The summed E-state index contributed by atoms with van der Waals surface area (Å²) >= 11 is 6.11. The fourth-order valence-corrected chi connectivity index (χ4v) is 4.96. The van der Waals surface area contributed by atoms with E-state index in [-0.39, 0.29) is 36.7 Å². The number of likely N-dealkylation sites (tertiary alicyclic amines) is 1. The van der Waals surface area contributed by atoms with Crippen LogP contribution in [0.4, 0.5) is 18.0 Å². The molecule has 0 bridgehead atoms. The van der Waals surface area contributed by atoms with Crippen LogP contribution < -0.4 is 0 Å². The Morgan fingerprint density at radius 1 is 1.16 bits per heavy atom. The lowest BCUT2D eigenvalue weighted by molar-refractivity contribution is -0.137. The molecule has 2 amide bonds. The zero-order valence-electron chi connectivity index (χ0n) is 17.4. The van der Waals surface area contributed by atoms with Crippen molar-refractivity contribution in [1.82, 2.24) is 19.0 Å². The third-order valence-corrected chi connectivity index (χ3v) is 7.50. The Hall–Kier alpha value is -1.56. The summed E-state index contributed by atoms with van der Waals surface area (Å²) in [5.74, 6) is 0. The molecule has 2 fully saturated rings. The molecule has 1 atom stereocenters. The van der Waals surface area contributed by atoms with Gasteiger partial charge in [0.05, 0.1) is 11.8 Å². The largest absolute Gasteiger partial charge is 0.416 e. The molecule has 1 aromatic rings. The predicted molar refractivity (Wildman–Crippen MR) is 111 cm³/mol. The third-order valence-electron chi connectivity index (χ3n) is 5.83. The number of hydrogen-bond acceptors (Lipinski definition) is 4. The van der Waals surface area contributed by atoms with Gasteiger partial charge in [0, 0.05) is 56.9 Å². The molecule has 0 spiro atoms. The number of likely N-dealkylation sites (N-methyl/N-ethyl adjacent to an activating group) is 1. The van der Waals surface area contributed by atoms with Gasteiger partial charge in [-0.2, -0.15) is 17.5 Å². The quantitative estimate of drug-likeness (QED) is 0.661. The summed E-state index contributed by atoms with van der Waals surface area (Å²) < 4.78 is 63.6. The first-order valence-corrected chi connectivity index (χ1v) is 12.1. The minimum absolute atomic E-state index is 0.00753. The van der Waals surface area contributed by atoms with E-state index in [1.165, 1.54) is 10.4 Å². The molecule has 174 valence electrons. The number of carbonyl (C=O) groups excluding carboxylic acids is 1. The second kappa shape index (κ2) is 9.13. The molecule has 0 aliphatic carbocycles. The van der Waals surface area contributed by atoms with E-state index in [2.05, 4.69) is 0 Å². The fourth-order valence-electron chi connectivity index (χ4n) is 3.96. The monoisotopic (exact) mass is 482 g/mol. The number of halogens is 4. The van der Waals surface area contributed by atoms with Crippen molar-refractivity contribution in [1.29, 1.82) is 0 Å². The Balaban J connectivity index is 1.57. The van der Waals surface area contributed by atoms with Crippen molar-refractivity contribution in [2.45, 2.75) is 25.2 Å². The molecular weight excluding hydrogens is 457 g/mol. The standard InChI is InChI=1S/C19H26ClF3N4O3S/c1-24(12-14-11-15(19(21,22)23)3-4-17(14)20)16-5-6-26(13-16)18(28)25-7-9-27(10-8-25)31(2,29)30/h3-4,11,16H,5-10,12-13H2,1-2H3. The van der Waals surface area contributed by atoms with Crippen molar-refractivity contribution < 1.29 is 26.4 Å². The zero-order chi connectivity index (χ0) is 23.0. The SMILES string of the molecule is CN(Cc1cc(C(F)(F)F)ccc1Cl)C1CCN(C(=O)N2CCN(S(C)(=O)=O)CC2)C1. The summed E-state index contributed by atoms with van der Waals surface area (Å²) in [5, 5.41) is 0.273. The van der Waals surface area contributed by atoms with Crippen LogP contribution in [0.5, 0.6) is 0 Å². The molecule has 2 aliphatic rings. The van der Waals surface area contributed by atoms with Crippen LogP contribution >= 0.6 is 11.6 Å². The molecule has 2 aliphatic heterocycles. The Bertz CT molecular complexity index is 920. The van der Waals surface area contributed by atoms with E-state index in [9.17, 15) is 26.4 Å². The van der Waals surface area contributed by atoms with Gasteiger partial charge in [0.1, 0.15) is 0 Å². The maximum Gasteiger partial charge on any atom is 0.416 e. The summed E-state index contributed by atoms with van der Waals surface area (Å²) in [5.41, 5.74) is -0.350. The molecule has 0 saturated carbocycles. The van der Waals surface area contributed by atoms with Crippen molar-refractivity contribution in [3.63, 3.8) is 0 Å². The van der Waals surface area contributed by atoms with Gasteiger partial charge in [0.25, 0.3) is 0 Å². The Morgan fingerprint density at radius 3 is 2.39 bits per heavy atom. The second-order valence-electron chi connectivity index (χ2n) is 8.04. The summed E-state index contributed by atoms with van der Waals surface area (Å²) in [6.07, 6.45) is -2.58. The van der Waals surface area contributed by atoms with Gasteiger partial charge in [-0.15, -0.1) is 0 Å². The van der Waals surface area contributed by atoms with Gasteiger partial charge in [-0.25, -0.2) is 13.2 Å². The lowest BCUT2D eigenvalue weighted by atomic mass is 10.1. The van der Waals surface area contributed by atoms with Gasteiger partial charge in [-0.05, 0) is 37.2 Å². The van der Waals surface area contributed by atoms with Crippen LogP contribution in [0.1, 0.15) is 17.5 Å². The first-order valence-electron chi connectivity index (χ1n) is 9.91. The smallest absolute Gasteiger partial charge is 0.323 e. The highest BCUT2D eigenvalue weighted by atomic mass is 35.5. The van der Waals surface area contributed by atoms with E-state index in [0.29, 0.717) is 38.2 Å². The highest BCUT2D eigenvalue weighted by molar-refractivity contribution is 7.88. The molecule has 2 heterocycles. The molecule has 7 nitrogen and oxygen atoms in total. The van der Waals surface area contributed by atoms with Crippen molar-refractivity contribution in [3.05, 3.63) is 34.3 Å². The molecule has 2 saturated heterocycles. The molecule has 0 N–H and O–H groups in total. The van der Waals surface area contributed by atoms with Gasteiger partial charge in [0.2, 0.25) is 10.0 Å². The van der Waals surface area contributed by atoms with Crippen LogP contribution in [0.2, 0.25) is 5.02 Å². The number of carbonyl (C=O) groups is 1. The highest BCUT2D eigenvalue weighted by Crippen LogP contribution is 2.32. The van der Waals surface area contributed by atoms with E-state index < -0.39 is 21.8 Å². The van der Waals surface area contributed by atoms with Crippen LogP contribution in [0.25, 0.3) is 0 Å². The van der Waals surface area contributed by atoms with Crippen LogP contribution in [0, 0.1) is 0 Å². The zero-order valence-corrected chi connectivity index (χ0v) is 19.0. The third kappa shape index (κ3) is 5.82. The number of alkyl halides is 3. The number of benzene rings is 1. The number of piperazine rings is 1. The van der Waals surface area contributed by atoms with Crippen molar-refractivity contribution in [3.8, 4) is 0 Å². The summed E-state index contributed by atoms with van der Waals surface area (Å²) in [6, 6.07) is 3.14. The molecule has 12 heteroatoms. The number of hydrogen-bond donors (Lipinski definition) is 0. The molecule has 0 radical (unpaired) electrons. The molecular formula is C19H26ClF3N4O3S. The first-order chi connectivity index (χ1) is 14.4. The Morgan fingerprint density at radius 2 is 1.81 bits per heavy atom. The highest BCUT2D eigenvalue weighted by Gasteiger charge is 2.34. The number of sulfonamides is 1. The van der Waals surface area contributed by atoms with Crippen molar-refractivity contribution in [2.75, 3.05) is 52.6 Å². The van der Waals surface area contributed by atoms with Crippen molar-refractivity contribution >= 4 is 27.7 Å². The van der Waals surface area contributed by atoms with Crippen molar-refractivity contribution in [2.24, 2.45) is 0 Å². The fraction of sp³-hybridized carbons (Fsp3) is 0.632. The maximum absolute atomic E-state index is 13.0. The predicted octanol–water partition coefficient (Wildman–Crippen LogP) is 2.56. The number of amides is 2. The van der Waals surface area contributed by atoms with Gasteiger partial charge in [0.15, 0.2) is 0 Å². The minimum Gasteiger partial charge on any atom is -0.323 e. The van der Waals surface area contributed by atoms with Crippen LogP contribution in [0.15, 0.2) is 18.2 Å². The number of urea groups is 1. The molecule has 31 heavy (non-hydrogen) atoms. The minimum atomic E-state index is -4.43. The summed E-state index contributed by atoms with van der Waals surface area (Å²) in [6.45, 7) is 2.45. The number of nitrogens with zero attached hydrogens (tertiary/aromatic N) is 4. The molecule has 3 rings (SSSR count). The normalized spacial score (nSPS) is 21.2. The lowest BCUT2D eigenvalue weighted by Crippen LogP contribution is -2.53. The van der Waals surface area contributed by atoms with Crippen LogP contribution in [-0.4, -0.2) is 92.1 Å². The van der Waals surface area contributed by atoms with Crippen LogP contribution in [0.3, 0.4) is 0 Å². The molecule has 1 unspecified atom stereocenters. The average Bonchev–Trinajstić information content (AvgIpc) is 3.18. The Kier molecular flexibility index (Phi) is 7.09. The maximum atomic E-state index is 13.0. The second-order valence-corrected chi connectivity index (χ2v) is 10.4. The van der Waals surface area contributed by atoms with E-state index >= 15 is 0 Å². The van der Waals surface area contributed by atoms with E-state index in [0.717, 1.165) is 18.4 Å². The van der Waals surface area contributed by atoms with E-state index in [4.69, 9.17) is 11.6 Å².